The van der Waals surface area contributed by atoms with Crippen LogP contribution in [0.3, 0.4) is 0 Å². The Hall–Kier alpha value is -2.43. The number of halogens is 2. The van der Waals surface area contributed by atoms with Crippen LogP contribution in [-0.4, -0.2) is 19.7 Å². The van der Waals surface area contributed by atoms with Gasteiger partial charge in [0.15, 0.2) is 11.6 Å². The van der Waals surface area contributed by atoms with E-state index in [1.165, 1.54) is 31.4 Å². The van der Waals surface area contributed by atoms with E-state index in [1.807, 2.05) is 6.92 Å². The largest absolute Gasteiger partial charge is 0.491 e. The zero-order chi connectivity index (χ0) is 16.8. The molecule has 0 atom stereocenters. The Kier molecular flexibility index (Phi) is 5.68. The van der Waals surface area contributed by atoms with Crippen LogP contribution in [0.2, 0.25) is 0 Å². The summed E-state index contributed by atoms with van der Waals surface area (Å²) < 4.78 is 37.8. The number of rotatable bonds is 6. The molecule has 0 saturated heterocycles. The summed E-state index contributed by atoms with van der Waals surface area (Å²) in [6, 6.07) is 8.50. The van der Waals surface area contributed by atoms with Gasteiger partial charge in [0.25, 0.3) is 0 Å². The molecule has 0 aliphatic heterocycles. The van der Waals surface area contributed by atoms with Gasteiger partial charge >= 0.3 is 5.97 Å². The summed E-state index contributed by atoms with van der Waals surface area (Å²) in [5.41, 5.74) is 0.811. The lowest BCUT2D eigenvalue weighted by Crippen LogP contribution is -2.04. The monoisotopic (exact) mass is 320 g/mol. The molecule has 0 radical (unpaired) electrons. The molecule has 2 aromatic carbocycles. The molecule has 0 aliphatic rings. The fourth-order valence-corrected chi connectivity index (χ4v) is 2.09. The predicted octanol–water partition coefficient (Wildman–Crippen LogP) is 4.60. The van der Waals surface area contributed by atoms with Crippen molar-refractivity contribution < 1.29 is 23.0 Å². The summed E-state index contributed by atoms with van der Waals surface area (Å²) in [5, 5.41) is 0. The van der Waals surface area contributed by atoms with E-state index in [9.17, 15) is 13.6 Å². The van der Waals surface area contributed by atoms with Gasteiger partial charge in [-0.15, -0.1) is 0 Å². The van der Waals surface area contributed by atoms with Gasteiger partial charge in [0.1, 0.15) is 5.82 Å². The van der Waals surface area contributed by atoms with Gasteiger partial charge in [-0.05, 0) is 41.8 Å². The number of ether oxygens (including phenoxy) is 2. The fraction of sp³-hybridized carbons (Fsp3) is 0.278. The van der Waals surface area contributed by atoms with Crippen LogP contribution in [0.15, 0.2) is 36.4 Å². The Morgan fingerprint density at radius 2 is 1.70 bits per heavy atom. The SMILES string of the molecule is CCCCOc1ccc(-c2ccc(C(=O)OC)c(F)c2)cc1F. The summed E-state index contributed by atoms with van der Waals surface area (Å²) in [6.07, 6.45) is 1.81. The molecule has 0 saturated carbocycles. The number of hydrogen-bond donors (Lipinski definition) is 0. The Morgan fingerprint density at radius 3 is 2.26 bits per heavy atom. The topological polar surface area (TPSA) is 35.5 Å². The molecular weight excluding hydrogens is 302 g/mol. The predicted molar refractivity (Wildman–Crippen MR) is 83.5 cm³/mol. The molecule has 2 aromatic rings. The second-order valence-electron chi connectivity index (χ2n) is 5.03. The molecule has 0 heterocycles. The zero-order valence-electron chi connectivity index (χ0n) is 13.1. The van der Waals surface area contributed by atoms with Crippen molar-refractivity contribution in [1.29, 1.82) is 0 Å². The summed E-state index contributed by atoms with van der Waals surface area (Å²) >= 11 is 0. The van der Waals surface area contributed by atoms with Crippen LogP contribution in [-0.2, 0) is 4.74 Å². The quantitative estimate of drug-likeness (QED) is 0.576. The minimum absolute atomic E-state index is 0.156. The highest BCUT2D eigenvalue weighted by Gasteiger charge is 2.14. The first-order chi connectivity index (χ1) is 11.1. The van der Waals surface area contributed by atoms with Gasteiger partial charge in [0.05, 0.1) is 19.3 Å². The van der Waals surface area contributed by atoms with Gasteiger partial charge < -0.3 is 9.47 Å². The molecule has 0 bridgehead atoms. The van der Waals surface area contributed by atoms with Crippen molar-refractivity contribution in [1.82, 2.24) is 0 Å². The summed E-state index contributed by atoms with van der Waals surface area (Å²) in [6.45, 7) is 2.48. The molecule has 5 heteroatoms. The van der Waals surface area contributed by atoms with Crippen LogP contribution in [0.1, 0.15) is 30.1 Å². The highest BCUT2D eigenvalue weighted by molar-refractivity contribution is 5.90. The molecule has 0 aliphatic carbocycles. The molecule has 2 rings (SSSR count). The molecule has 0 unspecified atom stereocenters. The van der Waals surface area contributed by atoms with E-state index in [-0.39, 0.29) is 11.3 Å². The third-order valence-electron chi connectivity index (χ3n) is 3.40. The van der Waals surface area contributed by atoms with Crippen molar-refractivity contribution >= 4 is 5.97 Å². The van der Waals surface area contributed by atoms with Crippen LogP contribution in [0.25, 0.3) is 11.1 Å². The van der Waals surface area contributed by atoms with Crippen molar-refractivity contribution in [2.24, 2.45) is 0 Å². The van der Waals surface area contributed by atoms with Crippen molar-refractivity contribution in [2.75, 3.05) is 13.7 Å². The molecule has 122 valence electrons. The van der Waals surface area contributed by atoms with E-state index in [0.29, 0.717) is 17.7 Å². The third-order valence-corrected chi connectivity index (χ3v) is 3.40. The van der Waals surface area contributed by atoms with E-state index < -0.39 is 17.6 Å². The maximum atomic E-state index is 14.0. The van der Waals surface area contributed by atoms with Crippen molar-refractivity contribution in [3.63, 3.8) is 0 Å². The van der Waals surface area contributed by atoms with Crippen LogP contribution in [0.5, 0.6) is 5.75 Å². The number of unbranched alkanes of at least 4 members (excludes halogenated alkanes) is 1. The summed E-state index contributed by atoms with van der Waals surface area (Å²) in [4.78, 5) is 11.4. The maximum Gasteiger partial charge on any atom is 0.340 e. The first kappa shape index (κ1) is 16.9. The van der Waals surface area contributed by atoms with E-state index in [0.717, 1.165) is 12.8 Å². The smallest absolute Gasteiger partial charge is 0.340 e. The Labute approximate surface area is 133 Å². The first-order valence-electron chi connectivity index (χ1n) is 7.37. The molecule has 0 N–H and O–H groups in total. The van der Waals surface area contributed by atoms with E-state index in [2.05, 4.69) is 4.74 Å². The van der Waals surface area contributed by atoms with E-state index >= 15 is 0 Å². The van der Waals surface area contributed by atoms with Crippen LogP contribution in [0.4, 0.5) is 8.78 Å². The van der Waals surface area contributed by atoms with Crippen LogP contribution < -0.4 is 4.74 Å². The van der Waals surface area contributed by atoms with Crippen LogP contribution >= 0.6 is 0 Å². The summed E-state index contributed by atoms with van der Waals surface area (Å²) in [5.74, 6) is -1.79. The van der Waals surface area contributed by atoms with Gasteiger partial charge in [-0.3, -0.25) is 0 Å². The number of carbonyl (C=O) groups excluding carboxylic acids is 1. The lowest BCUT2D eigenvalue weighted by Gasteiger charge is -2.09. The highest BCUT2D eigenvalue weighted by Crippen LogP contribution is 2.27. The second kappa shape index (κ2) is 7.72. The van der Waals surface area contributed by atoms with Crippen molar-refractivity contribution in [3.05, 3.63) is 53.6 Å². The second-order valence-corrected chi connectivity index (χ2v) is 5.03. The number of methoxy groups -OCH3 is 1. The van der Waals surface area contributed by atoms with E-state index in [1.54, 1.807) is 12.1 Å². The molecule has 23 heavy (non-hydrogen) atoms. The molecule has 3 nitrogen and oxygen atoms in total. The van der Waals surface area contributed by atoms with Gasteiger partial charge in [-0.25, -0.2) is 13.6 Å². The molecule has 0 aromatic heterocycles. The minimum Gasteiger partial charge on any atom is -0.491 e. The third kappa shape index (κ3) is 4.06. The fourth-order valence-electron chi connectivity index (χ4n) is 2.09. The molecule has 0 amide bonds. The van der Waals surface area contributed by atoms with Crippen molar-refractivity contribution in [2.45, 2.75) is 19.8 Å². The van der Waals surface area contributed by atoms with Gasteiger partial charge in [0.2, 0.25) is 0 Å². The molecular formula is C18H18F2O3. The zero-order valence-corrected chi connectivity index (χ0v) is 13.1. The molecule has 0 fully saturated rings. The number of esters is 1. The number of carbonyl (C=O) groups is 1. The summed E-state index contributed by atoms with van der Waals surface area (Å²) in [7, 11) is 1.18. The Morgan fingerprint density at radius 1 is 1.04 bits per heavy atom. The number of hydrogen-bond acceptors (Lipinski definition) is 3. The average Bonchev–Trinajstić information content (AvgIpc) is 2.55. The van der Waals surface area contributed by atoms with Gasteiger partial charge in [-0.2, -0.15) is 0 Å². The lowest BCUT2D eigenvalue weighted by atomic mass is 10.0. The lowest BCUT2D eigenvalue weighted by molar-refractivity contribution is 0.0595. The Balaban J connectivity index is 2.23. The van der Waals surface area contributed by atoms with Crippen molar-refractivity contribution in [3.8, 4) is 16.9 Å². The minimum atomic E-state index is -0.750. The Bertz CT molecular complexity index is 699. The standard InChI is InChI=1S/C18H18F2O3/c1-3-4-9-23-17-8-6-13(11-16(17)20)12-5-7-14(15(19)10-12)18(21)22-2/h5-8,10-11H,3-4,9H2,1-2H3. The van der Waals surface area contributed by atoms with Gasteiger partial charge in [-0.1, -0.05) is 25.5 Å². The first-order valence-corrected chi connectivity index (χ1v) is 7.37. The average molecular weight is 320 g/mol. The van der Waals surface area contributed by atoms with Crippen LogP contribution in [0, 0.1) is 11.6 Å². The van der Waals surface area contributed by atoms with Gasteiger partial charge in [0, 0.05) is 0 Å². The normalized spacial score (nSPS) is 10.4. The highest BCUT2D eigenvalue weighted by atomic mass is 19.1. The number of benzene rings is 2. The maximum absolute atomic E-state index is 14.0. The van der Waals surface area contributed by atoms with E-state index in [4.69, 9.17) is 4.74 Å². The molecule has 0 spiro atoms.